The van der Waals surface area contributed by atoms with Crippen LogP contribution in [0.25, 0.3) is 0 Å². The van der Waals surface area contributed by atoms with Crippen molar-refractivity contribution >= 4 is 17.3 Å². The standard InChI is InChI=1S/C22H29N3O2S/c1-26-20-10-8-19(9-11-20)21(18-6-3-2-4-7-18)24-22(28)23-12-5-13-25-14-16-27-17-15-25/h2-4,6-11,21H,5,12-17H2,1H3,(H2,23,24,28)/t21-/m0/s1. The molecule has 2 N–H and O–H groups in total. The summed E-state index contributed by atoms with van der Waals surface area (Å²) < 4.78 is 10.7. The van der Waals surface area contributed by atoms with E-state index in [2.05, 4.69) is 39.8 Å². The number of benzene rings is 2. The van der Waals surface area contributed by atoms with E-state index in [4.69, 9.17) is 21.7 Å². The van der Waals surface area contributed by atoms with Crippen molar-refractivity contribution in [2.75, 3.05) is 46.5 Å². The summed E-state index contributed by atoms with van der Waals surface area (Å²) in [4.78, 5) is 2.44. The van der Waals surface area contributed by atoms with E-state index in [9.17, 15) is 0 Å². The van der Waals surface area contributed by atoms with Gasteiger partial charge in [0.15, 0.2) is 5.11 Å². The second-order valence-electron chi connectivity index (χ2n) is 6.82. The first-order valence-corrected chi connectivity index (χ1v) is 10.2. The molecule has 1 fully saturated rings. The third-order valence-corrected chi connectivity index (χ3v) is 5.16. The second-order valence-corrected chi connectivity index (χ2v) is 7.23. The van der Waals surface area contributed by atoms with Crippen molar-refractivity contribution in [3.8, 4) is 5.75 Å². The Morgan fingerprint density at radius 3 is 2.43 bits per heavy atom. The number of ether oxygens (including phenoxy) is 2. The molecule has 0 saturated carbocycles. The molecule has 150 valence electrons. The Labute approximate surface area is 173 Å². The average Bonchev–Trinajstić information content (AvgIpc) is 2.76. The smallest absolute Gasteiger partial charge is 0.167 e. The Hall–Kier alpha value is -2.15. The van der Waals surface area contributed by atoms with Gasteiger partial charge in [-0.3, -0.25) is 4.90 Å². The number of morpholine rings is 1. The lowest BCUT2D eigenvalue weighted by atomic mass is 9.99. The molecule has 1 aliphatic heterocycles. The number of hydrogen-bond acceptors (Lipinski definition) is 4. The Balaban J connectivity index is 1.55. The maximum Gasteiger partial charge on any atom is 0.167 e. The molecule has 1 atom stereocenters. The van der Waals surface area contributed by atoms with Gasteiger partial charge in [-0.2, -0.15) is 0 Å². The molecule has 5 nitrogen and oxygen atoms in total. The molecular weight excluding hydrogens is 370 g/mol. The van der Waals surface area contributed by atoms with Crippen LogP contribution < -0.4 is 15.4 Å². The molecule has 2 aromatic carbocycles. The quantitative estimate of drug-likeness (QED) is 0.526. The molecular formula is C22H29N3O2S. The highest BCUT2D eigenvalue weighted by atomic mass is 32.1. The van der Waals surface area contributed by atoms with Crippen LogP contribution >= 0.6 is 12.2 Å². The van der Waals surface area contributed by atoms with Crippen LogP contribution in [0.1, 0.15) is 23.6 Å². The summed E-state index contributed by atoms with van der Waals surface area (Å²) in [7, 11) is 1.68. The van der Waals surface area contributed by atoms with Crippen LogP contribution in [-0.2, 0) is 4.74 Å². The molecule has 6 heteroatoms. The van der Waals surface area contributed by atoms with E-state index in [-0.39, 0.29) is 6.04 Å². The molecule has 1 heterocycles. The van der Waals surface area contributed by atoms with Crippen molar-refractivity contribution in [3.05, 3.63) is 65.7 Å². The summed E-state index contributed by atoms with van der Waals surface area (Å²) in [5, 5.41) is 7.50. The van der Waals surface area contributed by atoms with E-state index in [0.717, 1.165) is 57.1 Å². The van der Waals surface area contributed by atoms with E-state index >= 15 is 0 Å². The van der Waals surface area contributed by atoms with Crippen molar-refractivity contribution in [2.24, 2.45) is 0 Å². The molecule has 0 aromatic heterocycles. The zero-order valence-corrected chi connectivity index (χ0v) is 17.2. The average molecular weight is 400 g/mol. The highest BCUT2D eigenvalue weighted by Gasteiger charge is 2.15. The summed E-state index contributed by atoms with van der Waals surface area (Å²) in [6.45, 7) is 5.65. The van der Waals surface area contributed by atoms with Crippen molar-refractivity contribution in [2.45, 2.75) is 12.5 Å². The number of nitrogens with one attached hydrogen (secondary N) is 2. The number of nitrogens with zero attached hydrogens (tertiary/aromatic N) is 1. The first-order valence-electron chi connectivity index (χ1n) is 9.79. The summed E-state index contributed by atoms with van der Waals surface area (Å²) >= 11 is 5.57. The van der Waals surface area contributed by atoms with Gasteiger partial charge >= 0.3 is 0 Å². The van der Waals surface area contributed by atoms with Crippen LogP contribution in [-0.4, -0.2) is 56.5 Å². The molecule has 3 rings (SSSR count). The van der Waals surface area contributed by atoms with Crippen LogP contribution in [0, 0.1) is 0 Å². The molecule has 1 aliphatic rings. The highest BCUT2D eigenvalue weighted by Crippen LogP contribution is 2.24. The molecule has 0 bridgehead atoms. The maximum absolute atomic E-state index is 5.57. The van der Waals surface area contributed by atoms with E-state index in [1.54, 1.807) is 7.11 Å². The predicted octanol–water partition coefficient (Wildman–Crippen LogP) is 2.97. The lowest BCUT2D eigenvalue weighted by molar-refractivity contribution is 0.0376. The fraction of sp³-hybridized carbons (Fsp3) is 0.409. The van der Waals surface area contributed by atoms with Gasteiger partial charge in [0.25, 0.3) is 0 Å². The van der Waals surface area contributed by atoms with Gasteiger partial charge < -0.3 is 20.1 Å². The van der Waals surface area contributed by atoms with Gasteiger partial charge in [-0.15, -0.1) is 0 Å². The first kappa shape index (κ1) is 20.6. The minimum absolute atomic E-state index is 0.00801. The minimum atomic E-state index is -0.00801. The SMILES string of the molecule is COc1ccc([C@@H](NC(=S)NCCCN2CCOCC2)c2ccccc2)cc1. The fourth-order valence-corrected chi connectivity index (χ4v) is 3.53. The van der Waals surface area contributed by atoms with Crippen molar-refractivity contribution in [3.63, 3.8) is 0 Å². The molecule has 0 spiro atoms. The lowest BCUT2D eigenvalue weighted by Gasteiger charge is -2.26. The van der Waals surface area contributed by atoms with Crippen LogP contribution in [0.15, 0.2) is 54.6 Å². The molecule has 0 aliphatic carbocycles. The third kappa shape index (κ3) is 6.19. The normalized spacial score (nSPS) is 15.6. The Kier molecular flexibility index (Phi) is 8.08. The monoisotopic (exact) mass is 399 g/mol. The summed E-state index contributed by atoms with van der Waals surface area (Å²) in [6.07, 6.45) is 1.06. The third-order valence-electron chi connectivity index (χ3n) is 4.90. The summed E-state index contributed by atoms with van der Waals surface area (Å²) in [6, 6.07) is 18.4. The number of rotatable bonds is 8. The first-order chi connectivity index (χ1) is 13.8. The highest BCUT2D eigenvalue weighted by molar-refractivity contribution is 7.80. The van der Waals surface area contributed by atoms with Gasteiger partial charge in [-0.05, 0) is 48.4 Å². The van der Waals surface area contributed by atoms with Crippen LogP contribution in [0.4, 0.5) is 0 Å². The topological polar surface area (TPSA) is 45.8 Å². The predicted molar refractivity (Wildman–Crippen MR) is 117 cm³/mol. The molecule has 0 amide bonds. The van der Waals surface area contributed by atoms with Crippen molar-refractivity contribution in [1.29, 1.82) is 0 Å². The molecule has 28 heavy (non-hydrogen) atoms. The Morgan fingerprint density at radius 2 is 1.75 bits per heavy atom. The number of thiocarbonyl (C=S) groups is 1. The zero-order valence-electron chi connectivity index (χ0n) is 16.4. The molecule has 1 saturated heterocycles. The molecule has 0 radical (unpaired) electrons. The summed E-state index contributed by atoms with van der Waals surface area (Å²) in [5.74, 6) is 0.847. The Morgan fingerprint density at radius 1 is 1.07 bits per heavy atom. The van der Waals surface area contributed by atoms with Gasteiger partial charge in [0.2, 0.25) is 0 Å². The summed E-state index contributed by atoms with van der Waals surface area (Å²) in [5.41, 5.74) is 2.31. The second kappa shape index (κ2) is 11.0. The van der Waals surface area contributed by atoms with Gasteiger partial charge in [0, 0.05) is 19.6 Å². The Bertz CT molecular complexity index is 718. The van der Waals surface area contributed by atoms with E-state index in [1.807, 2.05) is 30.3 Å². The number of hydrogen-bond donors (Lipinski definition) is 2. The van der Waals surface area contributed by atoms with Gasteiger partial charge in [0.1, 0.15) is 5.75 Å². The largest absolute Gasteiger partial charge is 0.497 e. The van der Waals surface area contributed by atoms with E-state index in [0.29, 0.717) is 5.11 Å². The van der Waals surface area contributed by atoms with Crippen LogP contribution in [0.5, 0.6) is 5.75 Å². The molecule has 2 aromatic rings. The zero-order chi connectivity index (χ0) is 19.6. The van der Waals surface area contributed by atoms with Crippen molar-refractivity contribution < 1.29 is 9.47 Å². The maximum atomic E-state index is 5.57. The van der Waals surface area contributed by atoms with Gasteiger partial charge in [0.05, 0.1) is 26.4 Å². The van der Waals surface area contributed by atoms with Gasteiger partial charge in [-0.25, -0.2) is 0 Å². The van der Waals surface area contributed by atoms with Crippen LogP contribution in [0.2, 0.25) is 0 Å². The van der Waals surface area contributed by atoms with Crippen molar-refractivity contribution in [1.82, 2.24) is 15.5 Å². The number of methoxy groups -OCH3 is 1. The molecule has 0 unspecified atom stereocenters. The van der Waals surface area contributed by atoms with E-state index < -0.39 is 0 Å². The minimum Gasteiger partial charge on any atom is -0.497 e. The van der Waals surface area contributed by atoms with Gasteiger partial charge in [-0.1, -0.05) is 42.5 Å². The fourth-order valence-electron chi connectivity index (χ4n) is 3.31. The van der Waals surface area contributed by atoms with E-state index in [1.165, 1.54) is 5.56 Å². The lowest BCUT2D eigenvalue weighted by Crippen LogP contribution is -2.41. The van der Waals surface area contributed by atoms with Crippen LogP contribution in [0.3, 0.4) is 0 Å².